The molecule has 36 heavy (non-hydrogen) atoms. The summed E-state index contributed by atoms with van der Waals surface area (Å²) in [4.78, 5) is 43.7. The number of amides is 2. The molecule has 1 N–H and O–H groups in total. The molecule has 0 atom stereocenters. The van der Waals surface area contributed by atoms with Crippen LogP contribution < -0.4 is 20.4 Å². The number of hydrogen-bond donors (Lipinski definition) is 1. The molecule has 2 aliphatic rings. The highest BCUT2D eigenvalue weighted by Crippen LogP contribution is 2.23. The molecule has 1 saturated carbocycles. The van der Waals surface area contributed by atoms with Gasteiger partial charge in [0.25, 0.3) is 11.8 Å². The van der Waals surface area contributed by atoms with E-state index in [0.717, 1.165) is 24.3 Å². The van der Waals surface area contributed by atoms with E-state index in [1.54, 1.807) is 29.0 Å². The molecule has 8 heteroatoms. The van der Waals surface area contributed by atoms with Crippen LogP contribution in [0.1, 0.15) is 72.7 Å². The summed E-state index contributed by atoms with van der Waals surface area (Å²) in [6.07, 6.45) is 9.04. The molecule has 0 radical (unpaired) electrons. The second kappa shape index (κ2) is 11.6. The number of nitrogens with one attached hydrogen (secondary N) is 1. The van der Waals surface area contributed by atoms with Crippen LogP contribution in [0.3, 0.4) is 0 Å². The van der Waals surface area contributed by atoms with Crippen LogP contribution in [-0.2, 0) is 0 Å². The van der Waals surface area contributed by atoms with Gasteiger partial charge in [-0.2, -0.15) is 0 Å². The first-order valence-corrected chi connectivity index (χ1v) is 13.1. The second-order valence-corrected chi connectivity index (χ2v) is 10.1. The minimum Gasteiger partial charge on any atom is -0.497 e. The van der Waals surface area contributed by atoms with Crippen molar-refractivity contribution in [2.45, 2.75) is 52.0 Å². The Morgan fingerprint density at radius 1 is 0.972 bits per heavy atom. The van der Waals surface area contributed by atoms with E-state index in [1.165, 1.54) is 19.3 Å². The molecule has 2 aromatic rings. The van der Waals surface area contributed by atoms with Crippen LogP contribution in [0.25, 0.3) is 0 Å². The largest absolute Gasteiger partial charge is 0.497 e. The molecule has 2 amide bonds. The van der Waals surface area contributed by atoms with Crippen LogP contribution in [-0.4, -0.2) is 61.1 Å². The van der Waals surface area contributed by atoms with Crippen molar-refractivity contribution in [2.75, 3.05) is 44.7 Å². The van der Waals surface area contributed by atoms with E-state index in [9.17, 15) is 14.4 Å². The number of anilines is 1. The Morgan fingerprint density at radius 2 is 1.61 bits per heavy atom. The Kier molecular flexibility index (Phi) is 8.33. The summed E-state index contributed by atoms with van der Waals surface area (Å²) < 4.78 is 7.02. The van der Waals surface area contributed by atoms with Crippen molar-refractivity contribution in [1.29, 1.82) is 0 Å². The summed E-state index contributed by atoms with van der Waals surface area (Å²) in [5.41, 5.74) is 0.687. The van der Waals surface area contributed by atoms with Gasteiger partial charge in [-0.15, -0.1) is 0 Å². The normalized spacial score (nSPS) is 16.8. The molecular formula is C28H38N4O4. The molecule has 1 aromatic heterocycles. The Balaban J connectivity index is 1.47. The van der Waals surface area contributed by atoms with Crippen LogP contribution in [0.4, 0.5) is 5.69 Å². The van der Waals surface area contributed by atoms with E-state index in [1.807, 2.05) is 38.1 Å². The first-order valence-electron chi connectivity index (χ1n) is 13.1. The van der Waals surface area contributed by atoms with Crippen molar-refractivity contribution >= 4 is 17.5 Å². The van der Waals surface area contributed by atoms with Gasteiger partial charge >= 0.3 is 0 Å². The minimum atomic E-state index is -0.490. The number of pyridine rings is 1. The lowest BCUT2D eigenvalue weighted by atomic mass is 9.89. The zero-order valence-corrected chi connectivity index (χ0v) is 21.7. The highest BCUT2D eigenvalue weighted by Gasteiger charge is 2.27. The maximum absolute atomic E-state index is 13.4. The first-order chi connectivity index (χ1) is 17.4. The predicted octanol–water partition coefficient (Wildman–Crippen LogP) is 3.71. The third-order valence-corrected chi connectivity index (χ3v) is 7.40. The summed E-state index contributed by atoms with van der Waals surface area (Å²) >= 11 is 0. The molecular weight excluding hydrogens is 456 g/mol. The fraction of sp³-hybridized carbons (Fsp3) is 0.536. The van der Waals surface area contributed by atoms with Gasteiger partial charge in [-0.1, -0.05) is 19.3 Å². The number of hydrogen-bond acceptors (Lipinski definition) is 5. The van der Waals surface area contributed by atoms with Crippen LogP contribution in [0, 0.1) is 5.92 Å². The standard InChI is InChI=1S/C28H38N4O4/c1-20(2)32-18-24(27(34)29-17-21-7-5-4-6-8-21)26(33)25(19-32)28(35)31-15-13-30(14-16-31)22-9-11-23(36-3)12-10-22/h9-12,18-21H,4-8,13-17H2,1-3H3,(H,29,34). The second-order valence-electron chi connectivity index (χ2n) is 10.1. The number of methoxy groups -OCH3 is 1. The van der Waals surface area contributed by atoms with E-state index in [-0.39, 0.29) is 29.0 Å². The van der Waals surface area contributed by atoms with E-state index >= 15 is 0 Å². The molecule has 0 spiro atoms. The van der Waals surface area contributed by atoms with Crippen molar-refractivity contribution < 1.29 is 14.3 Å². The van der Waals surface area contributed by atoms with Gasteiger partial charge in [-0.3, -0.25) is 14.4 Å². The van der Waals surface area contributed by atoms with Gasteiger partial charge < -0.3 is 24.4 Å². The summed E-state index contributed by atoms with van der Waals surface area (Å²) in [6, 6.07) is 7.87. The molecule has 0 bridgehead atoms. The zero-order chi connectivity index (χ0) is 25.7. The first kappa shape index (κ1) is 25.8. The number of benzene rings is 1. The lowest BCUT2D eigenvalue weighted by molar-refractivity contribution is 0.0744. The van der Waals surface area contributed by atoms with Crippen molar-refractivity contribution in [3.05, 3.63) is 58.0 Å². The summed E-state index contributed by atoms with van der Waals surface area (Å²) in [5.74, 6) is 0.558. The Morgan fingerprint density at radius 3 is 2.22 bits per heavy atom. The maximum Gasteiger partial charge on any atom is 0.259 e. The highest BCUT2D eigenvalue weighted by atomic mass is 16.5. The predicted molar refractivity (Wildman–Crippen MR) is 141 cm³/mol. The van der Waals surface area contributed by atoms with Gasteiger partial charge in [-0.25, -0.2) is 0 Å². The molecule has 0 unspecified atom stereocenters. The highest BCUT2D eigenvalue weighted by molar-refractivity contribution is 5.99. The van der Waals surface area contributed by atoms with Crippen LogP contribution >= 0.6 is 0 Å². The van der Waals surface area contributed by atoms with Gasteiger partial charge in [0.2, 0.25) is 5.43 Å². The average molecular weight is 495 g/mol. The number of nitrogens with zero attached hydrogens (tertiary/aromatic N) is 3. The zero-order valence-electron chi connectivity index (χ0n) is 21.7. The molecule has 1 aliphatic carbocycles. The molecule has 2 heterocycles. The molecule has 1 saturated heterocycles. The number of piperazine rings is 1. The average Bonchev–Trinajstić information content (AvgIpc) is 2.92. The third-order valence-electron chi connectivity index (χ3n) is 7.40. The van der Waals surface area contributed by atoms with Crippen molar-refractivity contribution in [3.8, 4) is 5.75 Å². The molecule has 1 aromatic carbocycles. The van der Waals surface area contributed by atoms with Crippen LogP contribution in [0.15, 0.2) is 41.5 Å². The fourth-order valence-electron chi connectivity index (χ4n) is 5.06. The molecule has 2 fully saturated rings. The van der Waals surface area contributed by atoms with Crippen LogP contribution in [0.2, 0.25) is 0 Å². The number of carbonyl (C=O) groups excluding carboxylic acids is 2. The van der Waals surface area contributed by atoms with E-state index in [2.05, 4.69) is 10.2 Å². The molecule has 194 valence electrons. The number of aromatic nitrogens is 1. The van der Waals surface area contributed by atoms with Gasteiger partial charge in [-0.05, 0) is 56.9 Å². The summed E-state index contributed by atoms with van der Waals surface area (Å²) in [5, 5.41) is 2.96. The Labute approximate surface area is 213 Å². The lowest BCUT2D eigenvalue weighted by Crippen LogP contribution is -2.50. The maximum atomic E-state index is 13.4. The van der Waals surface area contributed by atoms with Crippen molar-refractivity contribution in [2.24, 2.45) is 5.92 Å². The Bertz CT molecular complexity index is 1110. The summed E-state index contributed by atoms with van der Waals surface area (Å²) in [6.45, 7) is 6.85. The van der Waals surface area contributed by atoms with E-state index < -0.39 is 5.43 Å². The monoisotopic (exact) mass is 494 g/mol. The van der Waals surface area contributed by atoms with Crippen LogP contribution in [0.5, 0.6) is 5.75 Å². The topological polar surface area (TPSA) is 83.9 Å². The number of rotatable bonds is 7. The lowest BCUT2D eigenvalue weighted by Gasteiger charge is -2.36. The van der Waals surface area contributed by atoms with E-state index in [4.69, 9.17) is 4.74 Å². The quantitative estimate of drug-likeness (QED) is 0.635. The van der Waals surface area contributed by atoms with Crippen molar-refractivity contribution in [3.63, 3.8) is 0 Å². The Hall–Kier alpha value is -3.29. The molecule has 8 nitrogen and oxygen atoms in total. The third kappa shape index (κ3) is 5.91. The summed E-state index contributed by atoms with van der Waals surface area (Å²) in [7, 11) is 1.64. The van der Waals surface area contributed by atoms with Gasteiger partial charge in [0, 0.05) is 56.8 Å². The number of ether oxygens (including phenoxy) is 1. The molecule has 4 rings (SSSR count). The van der Waals surface area contributed by atoms with Gasteiger partial charge in [0.1, 0.15) is 16.9 Å². The van der Waals surface area contributed by atoms with Crippen molar-refractivity contribution in [1.82, 2.24) is 14.8 Å². The fourth-order valence-corrected chi connectivity index (χ4v) is 5.06. The smallest absolute Gasteiger partial charge is 0.259 e. The minimum absolute atomic E-state index is 0.00830. The van der Waals surface area contributed by atoms with Gasteiger partial charge in [0.15, 0.2) is 0 Å². The number of carbonyl (C=O) groups is 2. The molecule has 1 aliphatic heterocycles. The SMILES string of the molecule is COc1ccc(N2CCN(C(=O)c3cn(C(C)C)cc(C(=O)NCC4CCCCC4)c3=O)CC2)cc1. The van der Waals surface area contributed by atoms with E-state index in [0.29, 0.717) is 38.6 Å². The van der Waals surface area contributed by atoms with Gasteiger partial charge in [0.05, 0.1) is 7.11 Å².